The van der Waals surface area contributed by atoms with E-state index < -0.39 is 0 Å². The average Bonchev–Trinajstić information content (AvgIpc) is 2.66. The number of nitrogens with zero attached hydrogens (tertiary/aromatic N) is 1. The molecule has 1 heteroatoms. The molecule has 0 amide bonds. The van der Waals surface area contributed by atoms with Gasteiger partial charge in [0.2, 0.25) is 0 Å². The van der Waals surface area contributed by atoms with E-state index in [0.29, 0.717) is 0 Å². The van der Waals surface area contributed by atoms with Gasteiger partial charge in [0.15, 0.2) is 0 Å². The van der Waals surface area contributed by atoms with Crippen LogP contribution in [0, 0.1) is 35.5 Å². The van der Waals surface area contributed by atoms with Crippen molar-refractivity contribution in [1.29, 1.82) is 0 Å². The fourth-order valence-corrected chi connectivity index (χ4v) is 4.46. The third-order valence-corrected chi connectivity index (χ3v) is 7.32. The molecular formula is C27H57N. The molecule has 0 aromatic rings. The summed E-state index contributed by atoms with van der Waals surface area (Å²) in [5.41, 5.74) is 0. The van der Waals surface area contributed by atoms with Crippen molar-refractivity contribution in [2.45, 2.75) is 120 Å². The van der Waals surface area contributed by atoms with Gasteiger partial charge >= 0.3 is 0 Å². The first-order valence-electron chi connectivity index (χ1n) is 12.9. The molecule has 0 aliphatic heterocycles. The molecule has 0 aromatic carbocycles. The summed E-state index contributed by atoms with van der Waals surface area (Å²) in [5, 5.41) is 0. The van der Waals surface area contributed by atoms with Crippen LogP contribution in [-0.4, -0.2) is 24.5 Å². The molecule has 0 aromatic heterocycles. The molecule has 0 aliphatic rings. The lowest BCUT2D eigenvalue weighted by Crippen LogP contribution is -2.30. The van der Waals surface area contributed by atoms with Crippen molar-refractivity contribution in [2.75, 3.05) is 19.6 Å². The lowest BCUT2D eigenvalue weighted by molar-refractivity contribution is 0.207. The lowest BCUT2D eigenvalue weighted by atomic mass is 9.91. The maximum absolute atomic E-state index is 2.81. The zero-order valence-corrected chi connectivity index (χ0v) is 21.4. The predicted octanol–water partition coefficient (Wildman–Crippen LogP) is 8.68. The molecule has 0 spiro atoms. The van der Waals surface area contributed by atoms with Gasteiger partial charge in [-0.3, -0.25) is 0 Å². The highest BCUT2D eigenvalue weighted by Gasteiger charge is 2.15. The second kappa shape index (κ2) is 16.7. The molecule has 170 valence electrons. The van der Waals surface area contributed by atoms with Crippen molar-refractivity contribution >= 4 is 0 Å². The zero-order chi connectivity index (χ0) is 21.5. The number of rotatable bonds is 18. The van der Waals surface area contributed by atoms with Gasteiger partial charge in [0, 0.05) is 0 Å². The maximum atomic E-state index is 2.81. The Morgan fingerprint density at radius 3 is 0.893 bits per heavy atom. The summed E-state index contributed by atoms with van der Waals surface area (Å²) >= 11 is 0. The van der Waals surface area contributed by atoms with Crippen LogP contribution in [0.1, 0.15) is 120 Å². The third-order valence-electron chi connectivity index (χ3n) is 7.32. The van der Waals surface area contributed by atoms with Gasteiger partial charge in [-0.05, 0) is 93.7 Å². The molecule has 0 rings (SSSR count). The predicted molar refractivity (Wildman–Crippen MR) is 130 cm³/mol. The summed E-state index contributed by atoms with van der Waals surface area (Å²) in [4.78, 5) is 2.81. The minimum atomic E-state index is 0.868. The maximum Gasteiger partial charge on any atom is -0.00162 e. The summed E-state index contributed by atoms with van der Waals surface area (Å²) in [6.07, 6.45) is 12.3. The summed E-state index contributed by atoms with van der Waals surface area (Å²) in [5.74, 6) is 5.26. The standard InChI is InChI=1S/C27H57N/c1-10-22(4)19-25(7)13-16-28(17-14-26(8)20-23(5)11-2)18-15-27(9)21-24(6)12-3/h22-27H,10-21H2,1-9H3. The Morgan fingerprint density at radius 1 is 0.429 bits per heavy atom. The van der Waals surface area contributed by atoms with E-state index in [-0.39, 0.29) is 0 Å². The molecule has 6 unspecified atom stereocenters. The van der Waals surface area contributed by atoms with Crippen LogP contribution in [0.3, 0.4) is 0 Å². The van der Waals surface area contributed by atoms with E-state index >= 15 is 0 Å². The molecule has 6 atom stereocenters. The Bertz CT molecular complexity index is 287. The molecule has 0 bridgehead atoms. The molecule has 0 saturated heterocycles. The Morgan fingerprint density at radius 2 is 0.679 bits per heavy atom. The lowest BCUT2D eigenvalue weighted by Gasteiger charge is -2.28. The van der Waals surface area contributed by atoms with Gasteiger partial charge in [-0.2, -0.15) is 0 Å². The summed E-state index contributed by atoms with van der Waals surface area (Å²) in [6.45, 7) is 25.6. The SMILES string of the molecule is CCC(C)CC(C)CCN(CCC(C)CC(C)CC)CCC(C)CC(C)CC. The van der Waals surface area contributed by atoms with E-state index in [1.54, 1.807) is 0 Å². The molecule has 0 heterocycles. The van der Waals surface area contributed by atoms with Crippen molar-refractivity contribution in [3.8, 4) is 0 Å². The van der Waals surface area contributed by atoms with Crippen LogP contribution in [0.4, 0.5) is 0 Å². The highest BCUT2D eigenvalue weighted by Crippen LogP contribution is 2.22. The van der Waals surface area contributed by atoms with Crippen molar-refractivity contribution in [2.24, 2.45) is 35.5 Å². The van der Waals surface area contributed by atoms with E-state index in [4.69, 9.17) is 0 Å². The molecular weight excluding hydrogens is 338 g/mol. The largest absolute Gasteiger partial charge is 0.303 e. The van der Waals surface area contributed by atoms with Crippen LogP contribution in [0.25, 0.3) is 0 Å². The topological polar surface area (TPSA) is 3.24 Å². The first kappa shape index (κ1) is 28.0. The molecule has 0 saturated carbocycles. The van der Waals surface area contributed by atoms with E-state index in [1.807, 2.05) is 0 Å². The van der Waals surface area contributed by atoms with Crippen molar-refractivity contribution in [1.82, 2.24) is 4.90 Å². The first-order chi connectivity index (χ1) is 13.2. The Labute approximate surface area is 180 Å². The quantitative estimate of drug-likeness (QED) is 0.224. The van der Waals surface area contributed by atoms with Gasteiger partial charge in [0.25, 0.3) is 0 Å². The second-order valence-corrected chi connectivity index (χ2v) is 10.8. The molecule has 1 nitrogen and oxygen atoms in total. The van der Waals surface area contributed by atoms with Crippen LogP contribution in [0.15, 0.2) is 0 Å². The smallest absolute Gasteiger partial charge is 0.00162 e. The van der Waals surface area contributed by atoms with Crippen LogP contribution in [0.2, 0.25) is 0 Å². The van der Waals surface area contributed by atoms with Crippen LogP contribution < -0.4 is 0 Å². The molecule has 0 radical (unpaired) electrons. The van der Waals surface area contributed by atoms with Gasteiger partial charge in [-0.25, -0.2) is 0 Å². The fraction of sp³-hybridized carbons (Fsp3) is 1.00. The monoisotopic (exact) mass is 395 g/mol. The molecule has 0 fully saturated rings. The highest BCUT2D eigenvalue weighted by molar-refractivity contribution is 4.69. The number of hydrogen-bond donors (Lipinski definition) is 0. The Kier molecular flexibility index (Phi) is 16.7. The highest BCUT2D eigenvalue weighted by atomic mass is 15.1. The average molecular weight is 396 g/mol. The van der Waals surface area contributed by atoms with E-state index in [2.05, 4.69) is 67.2 Å². The van der Waals surface area contributed by atoms with Gasteiger partial charge in [0.1, 0.15) is 0 Å². The first-order valence-corrected chi connectivity index (χ1v) is 12.9. The van der Waals surface area contributed by atoms with E-state index in [9.17, 15) is 0 Å². The Hall–Kier alpha value is -0.0400. The molecule has 0 N–H and O–H groups in total. The zero-order valence-electron chi connectivity index (χ0n) is 21.4. The van der Waals surface area contributed by atoms with E-state index in [0.717, 1.165) is 35.5 Å². The van der Waals surface area contributed by atoms with Crippen LogP contribution in [0.5, 0.6) is 0 Å². The third kappa shape index (κ3) is 14.9. The van der Waals surface area contributed by atoms with Gasteiger partial charge < -0.3 is 4.90 Å². The van der Waals surface area contributed by atoms with Gasteiger partial charge in [0.05, 0.1) is 0 Å². The normalized spacial score (nSPS) is 18.6. The second-order valence-electron chi connectivity index (χ2n) is 10.8. The van der Waals surface area contributed by atoms with Gasteiger partial charge in [-0.1, -0.05) is 81.6 Å². The van der Waals surface area contributed by atoms with E-state index in [1.165, 1.54) is 77.4 Å². The summed E-state index contributed by atoms with van der Waals surface area (Å²) in [6, 6.07) is 0. The summed E-state index contributed by atoms with van der Waals surface area (Å²) in [7, 11) is 0. The van der Waals surface area contributed by atoms with Crippen LogP contribution >= 0.6 is 0 Å². The van der Waals surface area contributed by atoms with Crippen LogP contribution in [-0.2, 0) is 0 Å². The summed E-state index contributed by atoms with van der Waals surface area (Å²) < 4.78 is 0. The molecule has 28 heavy (non-hydrogen) atoms. The molecule has 0 aliphatic carbocycles. The number of hydrogen-bond acceptors (Lipinski definition) is 1. The van der Waals surface area contributed by atoms with Crippen molar-refractivity contribution in [3.63, 3.8) is 0 Å². The van der Waals surface area contributed by atoms with Crippen molar-refractivity contribution in [3.05, 3.63) is 0 Å². The fourth-order valence-electron chi connectivity index (χ4n) is 4.46. The minimum Gasteiger partial charge on any atom is -0.303 e. The van der Waals surface area contributed by atoms with Crippen molar-refractivity contribution < 1.29 is 0 Å². The van der Waals surface area contributed by atoms with Gasteiger partial charge in [-0.15, -0.1) is 0 Å². The minimum absolute atomic E-state index is 0.868. The Balaban J connectivity index is 4.51.